The third kappa shape index (κ3) is 4.58. The molecular formula is C12H24. The van der Waals surface area contributed by atoms with Crippen LogP contribution in [0.5, 0.6) is 0 Å². The zero-order chi connectivity index (χ0) is 9.56. The van der Waals surface area contributed by atoms with Crippen LogP contribution in [0.4, 0.5) is 0 Å². The lowest BCUT2D eigenvalue weighted by Crippen LogP contribution is -2.11. The van der Waals surface area contributed by atoms with Crippen molar-refractivity contribution in [3.05, 3.63) is 12.2 Å². The van der Waals surface area contributed by atoms with Gasteiger partial charge in [0.15, 0.2) is 0 Å². The summed E-state index contributed by atoms with van der Waals surface area (Å²) in [6, 6.07) is 0. The molecule has 0 aliphatic rings. The zero-order valence-electron chi connectivity index (χ0n) is 9.19. The van der Waals surface area contributed by atoms with Crippen molar-refractivity contribution in [2.45, 2.75) is 53.4 Å². The Balaban J connectivity index is 3.93. The molecule has 0 heteroatoms. The molecule has 72 valence electrons. The van der Waals surface area contributed by atoms with Crippen molar-refractivity contribution in [1.82, 2.24) is 0 Å². The molecule has 0 rings (SSSR count). The van der Waals surface area contributed by atoms with Crippen LogP contribution in [-0.2, 0) is 0 Å². The Morgan fingerprint density at radius 3 is 2.25 bits per heavy atom. The minimum atomic E-state index is 0.863. The van der Waals surface area contributed by atoms with Crippen molar-refractivity contribution in [1.29, 1.82) is 0 Å². The molecule has 12 heavy (non-hydrogen) atoms. The molecule has 0 N–H and O–H groups in total. The van der Waals surface area contributed by atoms with Crippen molar-refractivity contribution in [3.8, 4) is 0 Å². The Kier molecular flexibility index (Phi) is 6.14. The standard InChI is InChI=1S/C12H24/c1-6-8-12(9-10(3)4)11(5)7-2/h11-12H,3,6-9H2,1-2,4-5H3. The summed E-state index contributed by atoms with van der Waals surface area (Å²) in [7, 11) is 0. The average molecular weight is 168 g/mol. The molecule has 2 atom stereocenters. The smallest absolute Gasteiger partial charge is 0.0295 e. The van der Waals surface area contributed by atoms with Gasteiger partial charge >= 0.3 is 0 Å². The molecule has 2 unspecified atom stereocenters. The first kappa shape index (κ1) is 11.7. The molecule has 0 fully saturated rings. The monoisotopic (exact) mass is 168 g/mol. The van der Waals surface area contributed by atoms with E-state index in [9.17, 15) is 0 Å². The molecule has 0 nitrogen and oxygen atoms in total. The van der Waals surface area contributed by atoms with Gasteiger partial charge in [0.1, 0.15) is 0 Å². The molecule has 0 saturated carbocycles. The van der Waals surface area contributed by atoms with Crippen LogP contribution in [-0.4, -0.2) is 0 Å². The largest absolute Gasteiger partial charge is 0.100 e. The average Bonchev–Trinajstić information content (AvgIpc) is 2.01. The van der Waals surface area contributed by atoms with Gasteiger partial charge in [0.05, 0.1) is 0 Å². The second-order valence-corrected chi connectivity index (χ2v) is 4.10. The lowest BCUT2D eigenvalue weighted by Gasteiger charge is -2.22. The van der Waals surface area contributed by atoms with E-state index in [1.165, 1.54) is 31.3 Å². The van der Waals surface area contributed by atoms with E-state index >= 15 is 0 Å². The molecule has 0 saturated heterocycles. The number of allylic oxidation sites excluding steroid dienone is 1. The lowest BCUT2D eigenvalue weighted by atomic mass is 9.84. The highest BCUT2D eigenvalue weighted by Crippen LogP contribution is 2.26. The molecule has 0 aliphatic heterocycles. The number of rotatable bonds is 6. The maximum Gasteiger partial charge on any atom is -0.0295 e. The van der Waals surface area contributed by atoms with E-state index in [0.717, 1.165) is 11.8 Å². The van der Waals surface area contributed by atoms with Crippen LogP contribution in [0.2, 0.25) is 0 Å². The first-order chi connectivity index (χ1) is 5.61. The van der Waals surface area contributed by atoms with Gasteiger partial charge in [-0.2, -0.15) is 0 Å². The van der Waals surface area contributed by atoms with Crippen molar-refractivity contribution in [3.63, 3.8) is 0 Å². The minimum Gasteiger partial charge on any atom is -0.100 e. The summed E-state index contributed by atoms with van der Waals surface area (Å²) in [5.41, 5.74) is 1.34. The molecule has 0 spiro atoms. The fraction of sp³-hybridized carbons (Fsp3) is 0.833. The lowest BCUT2D eigenvalue weighted by molar-refractivity contribution is 0.322. The molecule has 0 aliphatic carbocycles. The molecule has 0 heterocycles. The Morgan fingerprint density at radius 1 is 1.33 bits per heavy atom. The molecule has 0 radical (unpaired) electrons. The molecule has 0 aromatic carbocycles. The Morgan fingerprint density at radius 2 is 1.92 bits per heavy atom. The second kappa shape index (κ2) is 6.28. The Bertz CT molecular complexity index is 124. The fourth-order valence-electron chi connectivity index (χ4n) is 1.74. The van der Waals surface area contributed by atoms with Crippen molar-refractivity contribution < 1.29 is 0 Å². The van der Waals surface area contributed by atoms with Gasteiger partial charge in [0.25, 0.3) is 0 Å². The summed E-state index contributed by atoms with van der Waals surface area (Å²) in [5.74, 6) is 1.74. The van der Waals surface area contributed by atoms with Gasteiger partial charge in [-0.05, 0) is 25.2 Å². The summed E-state index contributed by atoms with van der Waals surface area (Å²) in [6.07, 6.45) is 5.20. The van der Waals surface area contributed by atoms with Crippen LogP contribution in [0, 0.1) is 11.8 Å². The topological polar surface area (TPSA) is 0 Å². The molecular weight excluding hydrogens is 144 g/mol. The molecule has 0 amide bonds. The maximum atomic E-state index is 3.99. The van der Waals surface area contributed by atoms with E-state index in [-0.39, 0.29) is 0 Å². The maximum absolute atomic E-state index is 3.99. The van der Waals surface area contributed by atoms with Crippen LogP contribution in [0.25, 0.3) is 0 Å². The molecule has 0 bridgehead atoms. The SMILES string of the molecule is C=C(C)CC(CCC)C(C)CC. The highest BCUT2D eigenvalue weighted by atomic mass is 14.2. The van der Waals surface area contributed by atoms with E-state index in [1.807, 2.05) is 0 Å². The van der Waals surface area contributed by atoms with Crippen LogP contribution in [0.3, 0.4) is 0 Å². The van der Waals surface area contributed by atoms with Crippen LogP contribution in [0.1, 0.15) is 53.4 Å². The highest BCUT2D eigenvalue weighted by molar-refractivity contribution is 4.91. The fourth-order valence-corrected chi connectivity index (χ4v) is 1.74. The number of hydrogen-bond donors (Lipinski definition) is 0. The predicted octanol–water partition coefficient (Wildman–Crippen LogP) is 4.42. The zero-order valence-corrected chi connectivity index (χ0v) is 9.19. The van der Waals surface area contributed by atoms with E-state index in [4.69, 9.17) is 0 Å². The molecule has 0 aromatic rings. The highest BCUT2D eigenvalue weighted by Gasteiger charge is 2.14. The van der Waals surface area contributed by atoms with E-state index in [2.05, 4.69) is 34.3 Å². The summed E-state index contributed by atoms with van der Waals surface area (Å²) in [4.78, 5) is 0. The van der Waals surface area contributed by atoms with Gasteiger partial charge in [0.2, 0.25) is 0 Å². The third-order valence-electron chi connectivity index (χ3n) is 2.72. The summed E-state index contributed by atoms with van der Waals surface area (Å²) < 4.78 is 0. The van der Waals surface area contributed by atoms with Gasteiger partial charge in [-0.3, -0.25) is 0 Å². The van der Waals surface area contributed by atoms with Gasteiger partial charge < -0.3 is 0 Å². The first-order valence-corrected chi connectivity index (χ1v) is 5.26. The Hall–Kier alpha value is -0.260. The Labute approximate surface area is 78.1 Å². The van der Waals surface area contributed by atoms with Crippen LogP contribution >= 0.6 is 0 Å². The van der Waals surface area contributed by atoms with Gasteiger partial charge in [0, 0.05) is 0 Å². The van der Waals surface area contributed by atoms with Gasteiger partial charge in [-0.1, -0.05) is 45.6 Å². The quantitative estimate of drug-likeness (QED) is 0.515. The second-order valence-electron chi connectivity index (χ2n) is 4.10. The van der Waals surface area contributed by atoms with Gasteiger partial charge in [-0.15, -0.1) is 6.58 Å². The van der Waals surface area contributed by atoms with E-state index in [0.29, 0.717) is 0 Å². The molecule has 0 aromatic heterocycles. The number of hydrogen-bond acceptors (Lipinski definition) is 0. The van der Waals surface area contributed by atoms with Gasteiger partial charge in [-0.25, -0.2) is 0 Å². The summed E-state index contributed by atoms with van der Waals surface area (Å²) in [5, 5.41) is 0. The van der Waals surface area contributed by atoms with Crippen molar-refractivity contribution in [2.24, 2.45) is 11.8 Å². The summed E-state index contributed by atoms with van der Waals surface area (Å²) >= 11 is 0. The third-order valence-corrected chi connectivity index (χ3v) is 2.72. The van der Waals surface area contributed by atoms with E-state index in [1.54, 1.807) is 0 Å². The predicted molar refractivity (Wildman–Crippen MR) is 57.3 cm³/mol. The summed E-state index contributed by atoms with van der Waals surface area (Å²) in [6.45, 7) is 13.1. The minimum absolute atomic E-state index is 0.863. The van der Waals surface area contributed by atoms with Crippen molar-refractivity contribution in [2.75, 3.05) is 0 Å². The van der Waals surface area contributed by atoms with Crippen molar-refractivity contribution >= 4 is 0 Å². The first-order valence-electron chi connectivity index (χ1n) is 5.26. The van der Waals surface area contributed by atoms with Crippen LogP contribution in [0.15, 0.2) is 12.2 Å². The normalized spacial score (nSPS) is 15.7. The van der Waals surface area contributed by atoms with E-state index < -0.39 is 0 Å². The van der Waals surface area contributed by atoms with Crippen LogP contribution < -0.4 is 0 Å².